The van der Waals surface area contributed by atoms with Crippen molar-refractivity contribution >= 4 is 22.8 Å². The Labute approximate surface area is 132 Å². The second-order valence-corrected chi connectivity index (χ2v) is 6.43. The molecule has 0 amide bonds. The SMILES string of the molecule is CCn1nc(C)c2nc(C(C)Cl)n(C(CC)(CC)CC)c21. The molecule has 0 aliphatic heterocycles. The number of rotatable bonds is 6. The van der Waals surface area contributed by atoms with Crippen LogP contribution < -0.4 is 0 Å². The van der Waals surface area contributed by atoms with Crippen molar-refractivity contribution in [3.05, 3.63) is 11.5 Å². The molecular weight excluding hydrogens is 284 g/mol. The third kappa shape index (κ3) is 2.37. The first-order valence-corrected chi connectivity index (χ1v) is 8.49. The van der Waals surface area contributed by atoms with Crippen LogP contribution in [0.4, 0.5) is 0 Å². The van der Waals surface area contributed by atoms with Crippen LogP contribution in [-0.2, 0) is 12.1 Å². The first-order chi connectivity index (χ1) is 9.95. The number of nitrogens with zero attached hydrogens (tertiary/aromatic N) is 4. The summed E-state index contributed by atoms with van der Waals surface area (Å²) in [5.74, 6) is 0.972. The van der Waals surface area contributed by atoms with E-state index in [1.165, 1.54) is 0 Å². The zero-order valence-corrected chi connectivity index (χ0v) is 14.8. The minimum absolute atomic E-state index is 0.0621. The van der Waals surface area contributed by atoms with Crippen LogP contribution in [0.15, 0.2) is 0 Å². The fraction of sp³-hybridized carbons (Fsp3) is 0.750. The molecular formula is C16H27ClN4. The van der Waals surface area contributed by atoms with Crippen molar-refractivity contribution < 1.29 is 0 Å². The van der Waals surface area contributed by atoms with E-state index in [4.69, 9.17) is 16.6 Å². The lowest BCUT2D eigenvalue weighted by Gasteiger charge is -2.35. The van der Waals surface area contributed by atoms with Gasteiger partial charge in [-0.3, -0.25) is 0 Å². The number of fused-ring (bicyclic) bond motifs is 1. The van der Waals surface area contributed by atoms with E-state index in [0.29, 0.717) is 0 Å². The Bertz CT molecular complexity index is 612. The maximum Gasteiger partial charge on any atom is 0.159 e. The zero-order valence-electron chi connectivity index (χ0n) is 14.1. The molecule has 0 N–H and O–H groups in total. The van der Waals surface area contributed by atoms with Crippen molar-refractivity contribution in [3.8, 4) is 0 Å². The molecule has 5 heteroatoms. The van der Waals surface area contributed by atoms with Gasteiger partial charge in [0.25, 0.3) is 0 Å². The molecule has 2 aromatic heterocycles. The minimum atomic E-state index is -0.105. The van der Waals surface area contributed by atoms with E-state index in [9.17, 15) is 0 Å². The summed E-state index contributed by atoms with van der Waals surface area (Å²) in [6.45, 7) is 13.8. The van der Waals surface area contributed by atoms with Gasteiger partial charge in [-0.2, -0.15) is 5.10 Å². The van der Waals surface area contributed by atoms with Crippen molar-refractivity contribution in [1.82, 2.24) is 19.3 Å². The monoisotopic (exact) mass is 310 g/mol. The van der Waals surface area contributed by atoms with E-state index in [1.807, 2.05) is 13.8 Å². The smallest absolute Gasteiger partial charge is 0.159 e. The average Bonchev–Trinajstić information content (AvgIpc) is 3.01. The summed E-state index contributed by atoms with van der Waals surface area (Å²) in [5.41, 5.74) is 3.18. The molecule has 0 bridgehead atoms. The van der Waals surface area contributed by atoms with E-state index in [2.05, 4.69) is 42.0 Å². The molecule has 118 valence electrons. The van der Waals surface area contributed by atoms with Crippen molar-refractivity contribution in [2.24, 2.45) is 0 Å². The van der Waals surface area contributed by atoms with E-state index in [0.717, 1.165) is 48.5 Å². The highest BCUT2D eigenvalue weighted by Gasteiger charge is 2.34. The fourth-order valence-corrected chi connectivity index (χ4v) is 3.51. The molecule has 0 spiro atoms. The number of imidazole rings is 1. The van der Waals surface area contributed by atoms with Crippen LogP contribution in [0, 0.1) is 6.92 Å². The number of aromatic nitrogens is 4. The van der Waals surface area contributed by atoms with Gasteiger partial charge in [0, 0.05) is 12.1 Å². The molecule has 0 aliphatic carbocycles. The number of alkyl halides is 1. The maximum absolute atomic E-state index is 6.45. The van der Waals surface area contributed by atoms with Gasteiger partial charge >= 0.3 is 0 Å². The van der Waals surface area contributed by atoms with E-state index in [1.54, 1.807) is 0 Å². The second kappa shape index (κ2) is 5.99. The van der Waals surface area contributed by atoms with Gasteiger partial charge in [0.05, 0.1) is 11.1 Å². The lowest BCUT2D eigenvalue weighted by molar-refractivity contribution is 0.247. The normalized spacial score (nSPS) is 14.0. The third-order valence-corrected chi connectivity index (χ3v) is 5.04. The van der Waals surface area contributed by atoms with Gasteiger partial charge < -0.3 is 4.57 Å². The van der Waals surface area contributed by atoms with Crippen LogP contribution in [-0.4, -0.2) is 19.3 Å². The van der Waals surface area contributed by atoms with E-state index in [-0.39, 0.29) is 10.9 Å². The summed E-state index contributed by atoms with van der Waals surface area (Å²) in [6, 6.07) is 0. The standard InChI is InChI=1S/C16H27ClN4/c1-7-16(8-2,9-3)21-14(11(5)17)18-13-12(6)19-20(10-4)15(13)21/h11H,7-10H2,1-6H3. The Balaban J connectivity index is 2.89. The van der Waals surface area contributed by atoms with Crippen LogP contribution in [0.3, 0.4) is 0 Å². The fourth-order valence-electron chi connectivity index (χ4n) is 3.36. The summed E-state index contributed by atoms with van der Waals surface area (Å²) in [6.07, 6.45) is 3.20. The molecule has 0 saturated carbocycles. The summed E-state index contributed by atoms with van der Waals surface area (Å²) < 4.78 is 4.44. The molecule has 21 heavy (non-hydrogen) atoms. The summed E-state index contributed by atoms with van der Waals surface area (Å²) in [4.78, 5) is 4.84. The largest absolute Gasteiger partial charge is 0.305 e. The summed E-state index contributed by atoms with van der Waals surface area (Å²) in [7, 11) is 0. The molecule has 1 atom stereocenters. The van der Waals surface area contributed by atoms with Crippen LogP contribution in [0.1, 0.15) is 70.8 Å². The lowest BCUT2D eigenvalue weighted by Crippen LogP contribution is -2.34. The molecule has 4 nitrogen and oxygen atoms in total. The minimum Gasteiger partial charge on any atom is -0.305 e. The van der Waals surface area contributed by atoms with E-state index >= 15 is 0 Å². The van der Waals surface area contributed by atoms with Gasteiger partial charge in [-0.1, -0.05) is 20.8 Å². The first-order valence-electron chi connectivity index (χ1n) is 8.05. The van der Waals surface area contributed by atoms with Gasteiger partial charge in [0.15, 0.2) is 5.65 Å². The van der Waals surface area contributed by atoms with Gasteiger partial charge in [-0.25, -0.2) is 9.67 Å². The number of halogens is 1. The highest BCUT2D eigenvalue weighted by Crippen LogP contribution is 2.38. The summed E-state index contributed by atoms with van der Waals surface area (Å²) >= 11 is 6.45. The lowest BCUT2D eigenvalue weighted by atomic mass is 9.89. The average molecular weight is 311 g/mol. The molecule has 0 aliphatic rings. The highest BCUT2D eigenvalue weighted by molar-refractivity contribution is 6.20. The Kier molecular flexibility index (Phi) is 4.66. The summed E-state index contributed by atoms with van der Waals surface area (Å²) in [5, 5.41) is 4.53. The maximum atomic E-state index is 6.45. The number of hydrogen-bond acceptors (Lipinski definition) is 2. The van der Waals surface area contributed by atoms with Gasteiger partial charge in [-0.05, 0) is 40.0 Å². The van der Waals surface area contributed by atoms with Gasteiger partial charge in [0.2, 0.25) is 0 Å². The molecule has 2 rings (SSSR count). The molecule has 2 aromatic rings. The predicted molar refractivity (Wildman–Crippen MR) is 89.0 cm³/mol. The molecule has 0 radical (unpaired) electrons. The van der Waals surface area contributed by atoms with Crippen molar-refractivity contribution in [1.29, 1.82) is 0 Å². The molecule has 1 unspecified atom stereocenters. The molecule has 0 saturated heterocycles. The molecule has 0 aromatic carbocycles. The molecule has 0 fully saturated rings. The van der Waals surface area contributed by atoms with Crippen molar-refractivity contribution in [3.63, 3.8) is 0 Å². The Hall–Kier alpha value is -1.03. The van der Waals surface area contributed by atoms with Crippen molar-refractivity contribution in [2.45, 2.75) is 78.3 Å². The highest BCUT2D eigenvalue weighted by atomic mass is 35.5. The molecule has 2 heterocycles. The third-order valence-electron chi connectivity index (χ3n) is 4.84. The van der Waals surface area contributed by atoms with Crippen LogP contribution >= 0.6 is 11.6 Å². The predicted octanol–water partition coefficient (Wildman–Crippen LogP) is 4.79. The van der Waals surface area contributed by atoms with Gasteiger partial charge in [-0.15, -0.1) is 11.6 Å². The van der Waals surface area contributed by atoms with Gasteiger partial charge in [0.1, 0.15) is 11.3 Å². The topological polar surface area (TPSA) is 35.6 Å². The van der Waals surface area contributed by atoms with Crippen molar-refractivity contribution in [2.75, 3.05) is 0 Å². The van der Waals surface area contributed by atoms with Crippen LogP contribution in [0.2, 0.25) is 0 Å². The Morgan fingerprint density at radius 2 is 1.71 bits per heavy atom. The van der Waals surface area contributed by atoms with Crippen LogP contribution in [0.25, 0.3) is 11.2 Å². The Morgan fingerprint density at radius 1 is 1.14 bits per heavy atom. The number of hydrogen-bond donors (Lipinski definition) is 0. The first kappa shape index (κ1) is 16.3. The zero-order chi connectivity index (χ0) is 15.8. The van der Waals surface area contributed by atoms with Crippen LogP contribution in [0.5, 0.6) is 0 Å². The number of aryl methyl sites for hydroxylation is 2. The Morgan fingerprint density at radius 3 is 2.14 bits per heavy atom. The van der Waals surface area contributed by atoms with E-state index < -0.39 is 0 Å². The second-order valence-electron chi connectivity index (χ2n) is 5.78. The quantitative estimate of drug-likeness (QED) is 0.719.